The molecule has 0 saturated carbocycles. The smallest absolute Gasteiger partial charge is 0.312 e. The van der Waals surface area contributed by atoms with Crippen molar-refractivity contribution in [3.05, 3.63) is 63.7 Å². The number of phenolic OH excluding ortho intramolecular Hbond substituents is 1. The largest absolute Gasteiger partial charge is 0.504 e. The number of hydrogen-bond donors (Lipinski definition) is 2. The van der Waals surface area contributed by atoms with Gasteiger partial charge in [-0.05, 0) is 35.9 Å². The van der Waals surface area contributed by atoms with Gasteiger partial charge >= 0.3 is 5.69 Å². The molecule has 0 amide bonds. The van der Waals surface area contributed by atoms with Crippen LogP contribution in [0.5, 0.6) is 34.5 Å². The van der Waals surface area contributed by atoms with Crippen molar-refractivity contribution in [2.75, 3.05) is 40.3 Å². The fraction of sp³-hybridized carbons (Fsp3) is 0.200. The number of ether oxygens (including phenoxy) is 5. The molecule has 0 aliphatic carbocycles. The average molecular weight is 547 g/mol. The highest BCUT2D eigenvalue weighted by Gasteiger charge is 2.23. The second-order valence-electron chi connectivity index (χ2n) is 7.60. The van der Waals surface area contributed by atoms with Gasteiger partial charge in [-0.3, -0.25) is 14.8 Å². The second-order valence-corrected chi connectivity index (χ2v) is 9.28. The summed E-state index contributed by atoms with van der Waals surface area (Å²) >= 11 is 0. The van der Waals surface area contributed by atoms with E-state index in [4.69, 9.17) is 23.7 Å². The van der Waals surface area contributed by atoms with E-state index in [0.29, 0.717) is 22.8 Å². The molecule has 0 spiro atoms. The molecule has 0 bridgehead atoms. The van der Waals surface area contributed by atoms with E-state index in [0.717, 1.165) is 6.07 Å². The maximum absolute atomic E-state index is 13.2. The first-order valence-electron chi connectivity index (χ1n) is 10.8. The third-order valence-electron chi connectivity index (χ3n) is 5.40. The van der Waals surface area contributed by atoms with Gasteiger partial charge in [0.15, 0.2) is 28.7 Å². The van der Waals surface area contributed by atoms with Crippen LogP contribution in [0.1, 0.15) is 11.1 Å². The Hall–Kier alpha value is -4.65. The molecule has 202 valence electrons. The highest BCUT2D eigenvalue weighted by Crippen LogP contribution is 2.40. The first kappa shape index (κ1) is 27.9. The number of aromatic hydroxyl groups is 1. The van der Waals surface area contributed by atoms with Crippen molar-refractivity contribution in [3.63, 3.8) is 0 Å². The number of rotatable bonds is 11. The Morgan fingerprint density at radius 2 is 1.42 bits per heavy atom. The van der Waals surface area contributed by atoms with Crippen LogP contribution in [-0.2, 0) is 10.0 Å². The van der Waals surface area contributed by atoms with Gasteiger partial charge in [-0.15, -0.1) is 0 Å². The molecule has 38 heavy (non-hydrogen) atoms. The van der Waals surface area contributed by atoms with Crippen LogP contribution in [0.15, 0.2) is 47.4 Å². The summed E-state index contributed by atoms with van der Waals surface area (Å²) in [6.07, 6.45) is 3.19. The first-order chi connectivity index (χ1) is 18.1. The third kappa shape index (κ3) is 5.83. The molecule has 3 rings (SSSR count). The molecule has 2 N–H and O–H groups in total. The van der Waals surface area contributed by atoms with Crippen LogP contribution in [0.4, 0.5) is 11.4 Å². The molecule has 0 saturated heterocycles. The molecule has 12 nitrogen and oxygen atoms in total. The van der Waals surface area contributed by atoms with Crippen LogP contribution in [0.25, 0.3) is 12.2 Å². The number of nitrogens with one attached hydrogen (secondary N) is 1. The predicted octanol–water partition coefficient (Wildman–Crippen LogP) is 4.31. The molecule has 0 aliphatic rings. The Labute approximate surface area is 219 Å². The van der Waals surface area contributed by atoms with Crippen molar-refractivity contribution in [2.24, 2.45) is 0 Å². The topological polar surface area (TPSA) is 156 Å². The van der Waals surface area contributed by atoms with E-state index < -0.39 is 20.6 Å². The molecule has 13 heteroatoms. The van der Waals surface area contributed by atoms with E-state index in [1.807, 2.05) is 0 Å². The summed E-state index contributed by atoms with van der Waals surface area (Å²) in [7, 11) is 2.67. The molecule has 0 heterocycles. The summed E-state index contributed by atoms with van der Waals surface area (Å²) < 4.78 is 54.9. The SMILES string of the molecule is COc1cc(NS(=O)(=O)c2ccc(OC)c([N+](=O)[O-])c2)c(/C=C\c2cc(OC)c(OC)c(OC)c2)cc1O. The number of nitro groups is 1. The minimum atomic E-state index is -4.31. The Morgan fingerprint density at radius 1 is 0.816 bits per heavy atom. The minimum absolute atomic E-state index is 0.00773. The number of phenols is 1. The van der Waals surface area contributed by atoms with Crippen molar-refractivity contribution in [1.29, 1.82) is 0 Å². The number of sulfonamides is 1. The zero-order chi connectivity index (χ0) is 28.0. The molecule has 0 fully saturated rings. The van der Waals surface area contributed by atoms with Gasteiger partial charge in [-0.2, -0.15) is 0 Å². The van der Waals surface area contributed by atoms with Crippen LogP contribution in [0.2, 0.25) is 0 Å². The van der Waals surface area contributed by atoms with Crippen LogP contribution < -0.4 is 28.4 Å². The minimum Gasteiger partial charge on any atom is -0.504 e. The van der Waals surface area contributed by atoms with Gasteiger partial charge in [-0.25, -0.2) is 8.42 Å². The summed E-state index contributed by atoms with van der Waals surface area (Å²) in [4.78, 5) is 10.3. The van der Waals surface area contributed by atoms with E-state index in [2.05, 4.69) is 4.72 Å². The summed E-state index contributed by atoms with van der Waals surface area (Å²) in [6, 6.07) is 9.22. The van der Waals surface area contributed by atoms with E-state index in [-0.39, 0.29) is 33.4 Å². The lowest BCUT2D eigenvalue weighted by Crippen LogP contribution is -2.14. The fourth-order valence-electron chi connectivity index (χ4n) is 3.54. The van der Waals surface area contributed by atoms with Crippen molar-refractivity contribution in [1.82, 2.24) is 0 Å². The van der Waals surface area contributed by atoms with Crippen molar-refractivity contribution in [3.8, 4) is 34.5 Å². The molecule has 0 aliphatic heterocycles. The molecular weight excluding hydrogens is 520 g/mol. The predicted molar refractivity (Wildman–Crippen MR) is 140 cm³/mol. The van der Waals surface area contributed by atoms with Crippen LogP contribution in [-0.4, -0.2) is 54.0 Å². The molecule has 0 unspecified atom stereocenters. The standard InChI is InChI=1S/C25H26N2O10S/c1-33-21-9-8-17(13-19(21)27(29)30)38(31,32)26-18-14-22(34-2)20(28)12-16(18)7-6-15-10-23(35-3)25(37-5)24(11-15)36-4/h6-14,26,28H,1-5H3/b7-6-. The molecule has 0 radical (unpaired) electrons. The zero-order valence-corrected chi connectivity index (χ0v) is 22.0. The highest BCUT2D eigenvalue weighted by molar-refractivity contribution is 7.92. The molecule has 3 aromatic carbocycles. The summed E-state index contributed by atoms with van der Waals surface area (Å²) in [5.41, 5.74) is 0.418. The van der Waals surface area contributed by atoms with Crippen molar-refractivity contribution >= 4 is 33.6 Å². The normalized spacial score (nSPS) is 11.2. The Bertz CT molecular complexity index is 1460. The van der Waals surface area contributed by atoms with Gasteiger partial charge < -0.3 is 28.8 Å². The first-order valence-corrected chi connectivity index (χ1v) is 12.3. The van der Waals surface area contributed by atoms with Crippen LogP contribution >= 0.6 is 0 Å². The third-order valence-corrected chi connectivity index (χ3v) is 6.76. The summed E-state index contributed by atoms with van der Waals surface area (Å²) in [5.74, 6) is 0.899. The van der Waals surface area contributed by atoms with Crippen LogP contribution in [0, 0.1) is 10.1 Å². The molecule has 0 aromatic heterocycles. The number of nitro benzene ring substituents is 1. The number of anilines is 1. The highest BCUT2D eigenvalue weighted by atomic mass is 32.2. The molecule has 3 aromatic rings. The number of hydrogen-bond acceptors (Lipinski definition) is 10. The monoisotopic (exact) mass is 546 g/mol. The van der Waals surface area contributed by atoms with Gasteiger partial charge in [-0.1, -0.05) is 12.2 Å². The Kier molecular flexibility index (Phi) is 8.53. The van der Waals surface area contributed by atoms with E-state index in [1.165, 1.54) is 59.8 Å². The summed E-state index contributed by atoms with van der Waals surface area (Å²) in [6.45, 7) is 0. The van der Waals surface area contributed by atoms with Crippen LogP contribution in [0.3, 0.4) is 0 Å². The number of benzene rings is 3. The zero-order valence-electron chi connectivity index (χ0n) is 21.2. The number of methoxy groups -OCH3 is 5. The lowest BCUT2D eigenvalue weighted by Gasteiger charge is -2.14. The van der Waals surface area contributed by atoms with Gasteiger partial charge in [0.1, 0.15) is 0 Å². The Morgan fingerprint density at radius 3 is 1.95 bits per heavy atom. The average Bonchev–Trinajstić information content (AvgIpc) is 2.91. The second kappa shape index (κ2) is 11.6. The van der Waals surface area contributed by atoms with Gasteiger partial charge in [0.05, 0.1) is 51.1 Å². The lowest BCUT2D eigenvalue weighted by molar-refractivity contribution is -0.386. The lowest BCUT2D eigenvalue weighted by atomic mass is 10.1. The maximum Gasteiger partial charge on any atom is 0.312 e. The molecule has 0 atom stereocenters. The fourth-order valence-corrected chi connectivity index (χ4v) is 4.64. The van der Waals surface area contributed by atoms with Gasteiger partial charge in [0, 0.05) is 17.7 Å². The van der Waals surface area contributed by atoms with Crippen molar-refractivity contribution in [2.45, 2.75) is 4.90 Å². The summed E-state index contributed by atoms with van der Waals surface area (Å²) in [5, 5.41) is 21.7. The van der Waals surface area contributed by atoms with Crippen molar-refractivity contribution < 1.29 is 42.1 Å². The maximum atomic E-state index is 13.2. The van der Waals surface area contributed by atoms with E-state index >= 15 is 0 Å². The van der Waals surface area contributed by atoms with Gasteiger partial charge in [0.2, 0.25) is 5.75 Å². The van der Waals surface area contributed by atoms with E-state index in [9.17, 15) is 23.6 Å². The Balaban J connectivity index is 2.07. The quantitative estimate of drug-likeness (QED) is 0.154. The molecular formula is C25H26N2O10S. The number of nitrogens with zero attached hydrogens (tertiary/aromatic N) is 1. The van der Waals surface area contributed by atoms with E-state index in [1.54, 1.807) is 24.3 Å². The van der Waals surface area contributed by atoms with Gasteiger partial charge in [0.25, 0.3) is 10.0 Å².